The predicted molar refractivity (Wildman–Crippen MR) is 140 cm³/mol. The third kappa shape index (κ3) is 6.56. The molecule has 0 radical (unpaired) electrons. The van der Waals surface area contributed by atoms with Gasteiger partial charge in [0.25, 0.3) is 0 Å². The molecule has 4 rings (SSSR count). The third-order valence-electron chi connectivity index (χ3n) is 4.77. The first-order valence-electron chi connectivity index (χ1n) is 10.5. The van der Waals surface area contributed by atoms with E-state index in [1.54, 1.807) is 18.2 Å². The van der Waals surface area contributed by atoms with Crippen molar-refractivity contribution in [1.29, 1.82) is 0 Å². The number of aromatic nitrogens is 4. The lowest BCUT2D eigenvalue weighted by Crippen LogP contribution is -2.15. The van der Waals surface area contributed by atoms with Crippen molar-refractivity contribution < 1.29 is 13.9 Å². The molecular formula is C24H21BrFN5O2S2. The standard InChI is InChI=1S/C24H21BrFN5O2S2/c1-3-12-31-22(15(2)33-19-10-8-18(26)9-11-19)29-30-24(31)35-14-21(32)28-23-27-20(13-34-23)16-4-6-17(25)7-5-16/h3-11,13,15H,1,12,14H2,2H3,(H,27,28,32). The second-order valence-corrected chi connectivity index (χ2v) is 10.1. The lowest BCUT2D eigenvalue weighted by atomic mass is 10.2. The zero-order chi connectivity index (χ0) is 24.8. The number of hydrogen-bond donors (Lipinski definition) is 1. The molecule has 4 aromatic rings. The average Bonchev–Trinajstić information content (AvgIpc) is 3.47. The van der Waals surface area contributed by atoms with Crippen LogP contribution in [0.2, 0.25) is 0 Å². The van der Waals surface area contributed by atoms with Crippen LogP contribution in [-0.2, 0) is 11.3 Å². The van der Waals surface area contributed by atoms with Crippen LogP contribution in [0, 0.1) is 5.82 Å². The summed E-state index contributed by atoms with van der Waals surface area (Å²) in [5.74, 6) is 0.703. The van der Waals surface area contributed by atoms with E-state index in [2.05, 4.69) is 43.0 Å². The highest BCUT2D eigenvalue weighted by molar-refractivity contribution is 9.10. The Morgan fingerprint density at radius 2 is 2.00 bits per heavy atom. The van der Waals surface area contributed by atoms with E-state index >= 15 is 0 Å². The highest BCUT2D eigenvalue weighted by atomic mass is 79.9. The summed E-state index contributed by atoms with van der Waals surface area (Å²) in [5.41, 5.74) is 1.78. The van der Waals surface area contributed by atoms with Crippen LogP contribution in [0.1, 0.15) is 18.9 Å². The molecule has 180 valence electrons. The van der Waals surface area contributed by atoms with Gasteiger partial charge in [0.2, 0.25) is 5.91 Å². The summed E-state index contributed by atoms with van der Waals surface area (Å²) < 4.78 is 21.9. The van der Waals surface area contributed by atoms with Gasteiger partial charge in [0.05, 0.1) is 11.4 Å². The number of amides is 1. The topological polar surface area (TPSA) is 81.9 Å². The fourth-order valence-electron chi connectivity index (χ4n) is 3.15. The van der Waals surface area contributed by atoms with Crippen molar-refractivity contribution in [3.05, 3.63) is 82.7 Å². The largest absolute Gasteiger partial charge is 0.483 e. The molecule has 0 aliphatic rings. The van der Waals surface area contributed by atoms with Crippen molar-refractivity contribution in [2.45, 2.75) is 24.7 Å². The van der Waals surface area contributed by atoms with Gasteiger partial charge in [-0.15, -0.1) is 28.1 Å². The van der Waals surface area contributed by atoms with Gasteiger partial charge in [-0.2, -0.15) is 0 Å². The van der Waals surface area contributed by atoms with Crippen molar-refractivity contribution >= 4 is 50.1 Å². The Kier molecular flexibility index (Phi) is 8.32. The van der Waals surface area contributed by atoms with Crippen LogP contribution in [0.4, 0.5) is 9.52 Å². The van der Waals surface area contributed by atoms with Crippen LogP contribution >= 0.6 is 39.0 Å². The summed E-state index contributed by atoms with van der Waals surface area (Å²) >= 11 is 6.05. The normalized spacial score (nSPS) is 11.7. The van der Waals surface area contributed by atoms with E-state index in [4.69, 9.17) is 4.74 Å². The fourth-order valence-corrected chi connectivity index (χ4v) is 4.90. The number of ether oxygens (including phenoxy) is 1. The maximum Gasteiger partial charge on any atom is 0.236 e. The molecule has 0 saturated carbocycles. The summed E-state index contributed by atoms with van der Waals surface area (Å²) in [6.45, 7) is 6.08. The molecule has 11 heteroatoms. The van der Waals surface area contributed by atoms with Gasteiger partial charge in [-0.3, -0.25) is 9.36 Å². The quantitative estimate of drug-likeness (QED) is 0.175. The summed E-state index contributed by atoms with van der Waals surface area (Å²) in [4.78, 5) is 17.1. The Morgan fingerprint density at radius 3 is 2.71 bits per heavy atom. The molecule has 0 aliphatic heterocycles. The number of carbonyl (C=O) groups excluding carboxylic acids is 1. The van der Waals surface area contributed by atoms with E-state index in [1.807, 2.05) is 41.1 Å². The van der Waals surface area contributed by atoms with Crippen LogP contribution in [0.25, 0.3) is 11.3 Å². The molecule has 0 fully saturated rings. The Morgan fingerprint density at radius 1 is 1.26 bits per heavy atom. The van der Waals surface area contributed by atoms with Crippen LogP contribution in [0.5, 0.6) is 5.75 Å². The molecule has 0 aliphatic carbocycles. The van der Waals surface area contributed by atoms with Gasteiger partial charge in [0, 0.05) is 22.0 Å². The molecule has 1 atom stereocenters. The zero-order valence-corrected chi connectivity index (χ0v) is 21.9. The van der Waals surface area contributed by atoms with E-state index in [9.17, 15) is 9.18 Å². The monoisotopic (exact) mass is 573 g/mol. The molecule has 0 bridgehead atoms. The molecule has 1 amide bonds. The molecule has 1 unspecified atom stereocenters. The van der Waals surface area contributed by atoms with Crippen molar-refractivity contribution in [3.8, 4) is 17.0 Å². The Balaban J connectivity index is 1.38. The Labute approximate surface area is 218 Å². The zero-order valence-electron chi connectivity index (χ0n) is 18.6. The number of carbonyl (C=O) groups is 1. The minimum Gasteiger partial charge on any atom is -0.483 e. The first-order valence-corrected chi connectivity index (χ1v) is 13.2. The van der Waals surface area contributed by atoms with Crippen LogP contribution < -0.4 is 10.1 Å². The molecule has 7 nitrogen and oxygen atoms in total. The summed E-state index contributed by atoms with van der Waals surface area (Å²) in [6, 6.07) is 13.6. The van der Waals surface area contributed by atoms with E-state index in [0.29, 0.717) is 28.4 Å². The summed E-state index contributed by atoms with van der Waals surface area (Å²) in [6.07, 6.45) is 1.28. The number of anilines is 1. The fraction of sp³-hybridized carbons (Fsp3) is 0.167. The second kappa shape index (κ2) is 11.6. The number of thiazole rings is 1. The number of benzene rings is 2. The van der Waals surface area contributed by atoms with Crippen molar-refractivity contribution in [3.63, 3.8) is 0 Å². The number of hydrogen-bond acceptors (Lipinski definition) is 7. The van der Waals surface area contributed by atoms with Crippen molar-refractivity contribution in [1.82, 2.24) is 19.7 Å². The highest BCUT2D eigenvalue weighted by Crippen LogP contribution is 2.27. The number of halogens is 2. The number of allylic oxidation sites excluding steroid dienone is 1. The van der Waals surface area contributed by atoms with Gasteiger partial charge >= 0.3 is 0 Å². The smallest absolute Gasteiger partial charge is 0.236 e. The first-order chi connectivity index (χ1) is 16.9. The summed E-state index contributed by atoms with van der Waals surface area (Å²) in [7, 11) is 0. The minimum absolute atomic E-state index is 0.135. The average molecular weight is 575 g/mol. The molecule has 1 N–H and O–H groups in total. The maximum atomic E-state index is 13.2. The lowest BCUT2D eigenvalue weighted by molar-refractivity contribution is -0.113. The first kappa shape index (κ1) is 25.1. The molecule has 35 heavy (non-hydrogen) atoms. The number of nitrogens with zero attached hydrogens (tertiary/aromatic N) is 4. The SMILES string of the molecule is C=CCn1c(SCC(=O)Nc2nc(-c3ccc(Br)cc3)cs2)nnc1C(C)Oc1ccc(F)cc1. The van der Waals surface area contributed by atoms with Crippen molar-refractivity contribution in [2.24, 2.45) is 0 Å². The van der Waals surface area contributed by atoms with Gasteiger partial charge in [0.15, 0.2) is 22.2 Å². The number of thioether (sulfide) groups is 1. The van der Waals surface area contributed by atoms with Gasteiger partial charge in [-0.05, 0) is 43.3 Å². The highest BCUT2D eigenvalue weighted by Gasteiger charge is 2.20. The van der Waals surface area contributed by atoms with E-state index < -0.39 is 6.10 Å². The van der Waals surface area contributed by atoms with Gasteiger partial charge in [-0.1, -0.05) is 45.9 Å². The van der Waals surface area contributed by atoms with E-state index in [-0.39, 0.29) is 17.5 Å². The maximum absolute atomic E-state index is 13.2. The minimum atomic E-state index is -0.441. The van der Waals surface area contributed by atoms with Crippen LogP contribution in [0.3, 0.4) is 0 Å². The van der Waals surface area contributed by atoms with Crippen molar-refractivity contribution in [2.75, 3.05) is 11.1 Å². The molecule has 2 heterocycles. The lowest BCUT2D eigenvalue weighted by Gasteiger charge is -2.15. The van der Waals surface area contributed by atoms with Crippen LogP contribution in [0.15, 0.2) is 76.2 Å². The van der Waals surface area contributed by atoms with E-state index in [1.165, 1.54) is 35.2 Å². The predicted octanol–water partition coefficient (Wildman–Crippen LogP) is 6.36. The number of nitrogens with one attached hydrogen (secondary N) is 1. The second-order valence-electron chi connectivity index (χ2n) is 7.34. The molecule has 0 spiro atoms. The van der Waals surface area contributed by atoms with Gasteiger partial charge in [-0.25, -0.2) is 9.37 Å². The molecular weight excluding hydrogens is 553 g/mol. The van der Waals surface area contributed by atoms with E-state index in [0.717, 1.165) is 15.7 Å². The summed E-state index contributed by atoms with van der Waals surface area (Å²) in [5, 5.41) is 14.3. The molecule has 2 aromatic heterocycles. The van der Waals surface area contributed by atoms with Gasteiger partial charge in [0.1, 0.15) is 11.6 Å². The third-order valence-corrected chi connectivity index (χ3v) is 7.02. The van der Waals surface area contributed by atoms with Gasteiger partial charge < -0.3 is 10.1 Å². The number of rotatable bonds is 10. The Bertz CT molecular complexity index is 1310. The Hall–Kier alpha value is -3.02. The van der Waals surface area contributed by atoms with Crippen LogP contribution in [-0.4, -0.2) is 31.4 Å². The molecule has 0 saturated heterocycles. The molecule has 2 aromatic carbocycles.